The lowest BCUT2D eigenvalue weighted by Gasteiger charge is -2.49. The molecule has 1 saturated carbocycles. The molecule has 3 aliphatic rings. The summed E-state index contributed by atoms with van der Waals surface area (Å²) in [6.07, 6.45) is -0.675. The Bertz CT molecular complexity index is 1570. The van der Waals surface area contributed by atoms with Crippen molar-refractivity contribution in [2.45, 2.75) is 61.1 Å². The number of nitrogens with one attached hydrogen (secondary N) is 2. The predicted octanol–water partition coefficient (Wildman–Crippen LogP) is 2.01. The summed E-state index contributed by atoms with van der Waals surface area (Å²) >= 11 is 3.08. The van der Waals surface area contributed by atoms with Crippen molar-refractivity contribution in [3.05, 3.63) is 35.0 Å². The van der Waals surface area contributed by atoms with Crippen LogP contribution in [-0.4, -0.2) is 99.8 Å². The maximum atomic E-state index is 13.4. The van der Waals surface area contributed by atoms with Gasteiger partial charge in [0.15, 0.2) is 10.8 Å². The van der Waals surface area contributed by atoms with Gasteiger partial charge < -0.3 is 15.3 Å². The van der Waals surface area contributed by atoms with Crippen molar-refractivity contribution >= 4 is 69.4 Å². The lowest BCUT2D eigenvalue weighted by molar-refractivity contribution is -0.167. The Labute approximate surface area is 264 Å². The van der Waals surface area contributed by atoms with Crippen molar-refractivity contribution in [3.8, 4) is 0 Å². The highest BCUT2D eigenvalue weighted by Crippen LogP contribution is 2.41. The largest absolute Gasteiger partial charge is 0.477 e. The monoisotopic (exact) mass is 687 g/mol. The summed E-state index contributed by atoms with van der Waals surface area (Å²) in [6.45, 7) is 3.99. The highest BCUT2D eigenvalue weighted by molar-refractivity contribution is 8.01. The second kappa shape index (κ2) is 13.6. The van der Waals surface area contributed by atoms with Crippen LogP contribution in [0.25, 0.3) is 0 Å². The van der Waals surface area contributed by atoms with E-state index in [-0.39, 0.29) is 29.0 Å². The van der Waals surface area contributed by atoms with E-state index in [0.717, 1.165) is 17.7 Å². The van der Waals surface area contributed by atoms with Gasteiger partial charge in [-0.3, -0.25) is 24.6 Å². The van der Waals surface area contributed by atoms with Crippen LogP contribution in [0.2, 0.25) is 0 Å². The summed E-state index contributed by atoms with van der Waals surface area (Å²) in [5.74, 6) is -4.72. The number of hydrogen-bond donors (Lipinski definition) is 3. The number of carbonyl (C=O) groups excluding carboxylic acids is 3. The SMILES string of the molecule is C=CCn1nnnc1SCC1=C(C(=O)O)N2C(=O)C(NC(=O)C(=NOC3CCCC3)c3csc(NC(=O)C(F)(F)F)n3)[C@H]2SC1. The predicted molar refractivity (Wildman–Crippen MR) is 155 cm³/mol. The van der Waals surface area contributed by atoms with Gasteiger partial charge in [-0.2, -0.15) is 13.2 Å². The molecule has 0 bridgehead atoms. The summed E-state index contributed by atoms with van der Waals surface area (Å²) in [5.41, 5.74) is -0.339. The number of aliphatic carboxylic acids is 1. The molecule has 2 aromatic heterocycles. The number of hydrogen-bond acceptors (Lipinski definition) is 13. The highest BCUT2D eigenvalue weighted by atomic mass is 32.2. The number of amides is 3. The molecule has 4 heterocycles. The van der Waals surface area contributed by atoms with Crippen LogP contribution in [0.1, 0.15) is 31.4 Å². The van der Waals surface area contributed by atoms with Gasteiger partial charge in [-0.1, -0.05) is 23.0 Å². The molecule has 0 spiro atoms. The maximum Gasteiger partial charge on any atom is 0.471 e. The summed E-state index contributed by atoms with van der Waals surface area (Å²) in [6, 6.07) is -1.13. The molecule has 3 amide bonds. The first-order chi connectivity index (χ1) is 21.5. The molecule has 5 rings (SSSR count). The highest BCUT2D eigenvalue weighted by Gasteiger charge is 2.54. The Balaban J connectivity index is 1.31. The van der Waals surface area contributed by atoms with Crippen LogP contribution >= 0.6 is 34.9 Å². The van der Waals surface area contributed by atoms with Gasteiger partial charge in [0.25, 0.3) is 11.8 Å². The van der Waals surface area contributed by atoms with Crippen molar-refractivity contribution in [2.24, 2.45) is 5.16 Å². The lowest BCUT2D eigenvalue weighted by Crippen LogP contribution is -2.71. The number of thiazole rings is 1. The number of fused-ring (bicyclic) bond motifs is 1. The number of rotatable bonds is 12. The zero-order valence-corrected chi connectivity index (χ0v) is 25.5. The number of oxime groups is 1. The first kappa shape index (κ1) is 32.4. The van der Waals surface area contributed by atoms with Crippen LogP contribution in [0.5, 0.6) is 0 Å². The van der Waals surface area contributed by atoms with Crippen molar-refractivity contribution in [2.75, 3.05) is 16.8 Å². The number of allylic oxidation sites excluding steroid dienone is 1. The minimum Gasteiger partial charge on any atom is -0.477 e. The van der Waals surface area contributed by atoms with Crippen LogP contribution in [0.3, 0.4) is 0 Å². The fourth-order valence-corrected chi connectivity index (χ4v) is 7.69. The van der Waals surface area contributed by atoms with E-state index in [0.29, 0.717) is 41.5 Å². The molecule has 45 heavy (non-hydrogen) atoms. The van der Waals surface area contributed by atoms with Gasteiger partial charge in [0.2, 0.25) is 5.16 Å². The molecule has 1 aliphatic carbocycles. The Morgan fingerprint density at radius 1 is 1.29 bits per heavy atom. The van der Waals surface area contributed by atoms with Crippen molar-refractivity contribution < 1.29 is 42.3 Å². The van der Waals surface area contributed by atoms with Gasteiger partial charge in [-0.15, -0.1) is 34.8 Å². The van der Waals surface area contributed by atoms with E-state index >= 15 is 0 Å². The molecule has 2 atom stereocenters. The molecule has 1 unspecified atom stereocenters. The summed E-state index contributed by atoms with van der Waals surface area (Å²) in [7, 11) is 0. The molecule has 21 heteroatoms. The number of alkyl halides is 3. The molecule has 2 aromatic rings. The van der Waals surface area contributed by atoms with E-state index in [1.165, 1.54) is 33.6 Å². The number of halogens is 3. The summed E-state index contributed by atoms with van der Waals surface area (Å²) in [5, 5.41) is 29.9. The molecule has 3 N–H and O–H groups in total. The first-order valence-corrected chi connectivity index (χ1v) is 16.2. The van der Waals surface area contributed by atoms with E-state index in [4.69, 9.17) is 4.84 Å². The van der Waals surface area contributed by atoms with Gasteiger partial charge in [-0.25, -0.2) is 14.5 Å². The lowest BCUT2D eigenvalue weighted by atomic mass is 10.0. The number of tetrazole rings is 1. The minimum atomic E-state index is -5.15. The maximum absolute atomic E-state index is 13.4. The Morgan fingerprint density at radius 2 is 2.04 bits per heavy atom. The molecular formula is C24H24F3N9O6S3. The average Bonchev–Trinajstić information content (AvgIpc) is 3.77. The van der Waals surface area contributed by atoms with Crippen LogP contribution in [0, 0.1) is 0 Å². The van der Waals surface area contributed by atoms with Gasteiger partial charge in [0, 0.05) is 16.9 Å². The van der Waals surface area contributed by atoms with Crippen molar-refractivity contribution in [1.82, 2.24) is 35.4 Å². The van der Waals surface area contributed by atoms with Crippen molar-refractivity contribution in [1.29, 1.82) is 0 Å². The van der Waals surface area contributed by atoms with E-state index in [9.17, 15) is 37.5 Å². The van der Waals surface area contributed by atoms with Crippen LogP contribution < -0.4 is 10.6 Å². The zero-order chi connectivity index (χ0) is 32.3. The number of carboxylic acids is 1. The number of thioether (sulfide) groups is 2. The van der Waals surface area contributed by atoms with E-state index in [1.54, 1.807) is 11.4 Å². The normalized spacial score (nSPS) is 20.5. The third-order valence-corrected chi connectivity index (χ3v) is 9.89. The second-order valence-corrected chi connectivity index (χ2v) is 12.7. The molecule has 0 aromatic carbocycles. The topological polar surface area (TPSA) is 194 Å². The number of aromatic nitrogens is 5. The van der Waals surface area contributed by atoms with Gasteiger partial charge in [-0.05, 0) is 41.7 Å². The van der Waals surface area contributed by atoms with Gasteiger partial charge >= 0.3 is 18.1 Å². The third kappa shape index (κ3) is 7.14. The van der Waals surface area contributed by atoms with E-state index in [1.807, 2.05) is 0 Å². The third-order valence-electron chi connectivity index (χ3n) is 6.75. The summed E-state index contributed by atoms with van der Waals surface area (Å²) < 4.78 is 39.6. The average molecular weight is 688 g/mol. The number of carboxylic acid groups (broad SMARTS) is 1. The number of carbonyl (C=O) groups is 4. The zero-order valence-electron chi connectivity index (χ0n) is 23.0. The standard InChI is InChI=1S/C24H24F3N9O6S3/c1-2-7-35-23(31-33-34-35)45-9-11-8-43-19-15(18(38)36(19)16(11)20(39)40)29-17(37)14(32-42-12-5-3-4-6-12)13-10-44-22(28-13)30-21(41)24(25,26)27/h2,10,12,15,19H,1,3-9H2,(H,29,37)(H,39,40)(H,28,30,41)/t15?,19-/m1/s1. The van der Waals surface area contributed by atoms with E-state index < -0.39 is 52.1 Å². The molecule has 2 fully saturated rings. The Hall–Kier alpha value is -3.98. The fraction of sp³-hybridized carbons (Fsp3) is 0.458. The van der Waals surface area contributed by atoms with Crippen molar-refractivity contribution in [3.63, 3.8) is 0 Å². The Morgan fingerprint density at radius 3 is 2.73 bits per heavy atom. The molecule has 0 radical (unpaired) electrons. The molecule has 240 valence electrons. The summed E-state index contributed by atoms with van der Waals surface area (Å²) in [4.78, 5) is 60.7. The molecule has 15 nitrogen and oxygen atoms in total. The van der Waals surface area contributed by atoms with Crippen LogP contribution in [0.15, 0.2) is 39.6 Å². The Kier molecular flexibility index (Phi) is 9.77. The van der Waals surface area contributed by atoms with Gasteiger partial charge in [0.1, 0.15) is 28.9 Å². The molecule has 2 aliphatic heterocycles. The van der Waals surface area contributed by atoms with Crippen LogP contribution in [-0.2, 0) is 30.6 Å². The quantitative estimate of drug-likeness (QED) is 0.0968. The number of β-lactam (4-membered cyclic amide) rings is 1. The van der Waals surface area contributed by atoms with E-state index in [2.05, 4.69) is 37.6 Å². The first-order valence-electron chi connectivity index (χ1n) is 13.3. The molecular weight excluding hydrogens is 664 g/mol. The fourth-order valence-electron chi connectivity index (χ4n) is 4.63. The number of nitrogens with zero attached hydrogens (tertiary/aromatic N) is 7. The van der Waals surface area contributed by atoms with Crippen LogP contribution in [0.4, 0.5) is 18.3 Å². The second-order valence-electron chi connectivity index (χ2n) is 9.78. The number of anilines is 1. The smallest absolute Gasteiger partial charge is 0.471 e. The van der Waals surface area contributed by atoms with Gasteiger partial charge in [0.05, 0.1) is 6.54 Å². The minimum absolute atomic E-state index is 0.183. The molecule has 1 saturated heterocycles.